The first-order chi connectivity index (χ1) is 10.1. The number of carbonyl (C=O) groups is 1. The maximum Gasteiger partial charge on any atom is 0.305 e. The zero-order chi connectivity index (χ0) is 15.5. The number of hydrogen-bond acceptors (Lipinski definition) is 3. The molecule has 21 heavy (non-hydrogen) atoms. The maximum atomic E-state index is 11.1. The van der Waals surface area contributed by atoms with Gasteiger partial charge in [-0.25, -0.2) is 0 Å². The Bertz CT molecular complexity index is 451. The van der Waals surface area contributed by atoms with Gasteiger partial charge in [-0.3, -0.25) is 4.79 Å². The lowest BCUT2D eigenvalue weighted by Crippen LogP contribution is -2.37. The number of ether oxygens (including phenoxy) is 1. The fraction of sp³-hybridized carbons (Fsp3) is 0.467. The van der Waals surface area contributed by atoms with E-state index in [0.29, 0.717) is 31.1 Å². The molecule has 0 saturated carbocycles. The Hall–Kier alpha value is -1.33. The highest BCUT2D eigenvalue weighted by atomic mass is 35.5. The first-order valence-electron chi connectivity index (χ1n) is 7.03. The van der Waals surface area contributed by atoms with Gasteiger partial charge in [0.05, 0.1) is 6.61 Å². The summed E-state index contributed by atoms with van der Waals surface area (Å²) >= 11 is 11.0. The SMILES string of the molecule is CCOC(=O)CCCNC(=S)NCCc1ccc(Cl)cc1. The zero-order valence-corrected chi connectivity index (χ0v) is 13.7. The van der Waals surface area contributed by atoms with Gasteiger partial charge in [0.2, 0.25) is 0 Å². The van der Waals surface area contributed by atoms with Crippen LogP contribution in [0.5, 0.6) is 0 Å². The van der Waals surface area contributed by atoms with Crippen LogP contribution in [0.15, 0.2) is 24.3 Å². The number of hydrogen-bond donors (Lipinski definition) is 2. The van der Waals surface area contributed by atoms with Crippen LogP contribution in [0.4, 0.5) is 0 Å². The third-order valence-corrected chi connectivity index (χ3v) is 3.30. The topological polar surface area (TPSA) is 50.4 Å². The highest BCUT2D eigenvalue weighted by Crippen LogP contribution is 2.09. The lowest BCUT2D eigenvalue weighted by atomic mass is 10.1. The largest absolute Gasteiger partial charge is 0.466 e. The highest BCUT2D eigenvalue weighted by molar-refractivity contribution is 7.80. The summed E-state index contributed by atoms with van der Waals surface area (Å²) in [6.45, 7) is 3.64. The number of halogens is 1. The van der Waals surface area contributed by atoms with E-state index in [-0.39, 0.29) is 5.97 Å². The van der Waals surface area contributed by atoms with Crippen molar-refractivity contribution in [2.24, 2.45) is 0 Å². The normalized spacial score (nSPS) is 10.0. The number of esters is 1. The fourth-order valence-corrected chi connectivity index (χ4v) is 2.03. The van der Waals surface area contributed by atoms with Gasteiger partial charge in [-0.1, -0.05) is 23.7 Å². The van der Waals surface area contributed by atoms with E-state index in [1.807, 2.05) is 24.3 Å². The second-order valence-corrected chi connectivity index (χ2v) is 5.31. The standard InChI is InChI=1S/C15H21ClN2O2S/c1-2-20-14(19)4-3-10-17-15(21)18-11-9-12-5-7-13(16)8-6-12/h5-8H,2-4,9-11H2,1H3,(H2,17,18,21). The molecule has 0 bridgehead atoms. The number of thiocarbonyl (C=S) groups is 1. The van der Waals surface area contributed by atoms with E-state index >= 15 is 0 Å². The first kappa shape index (κ1) is 17.7. The predicted octanol–water partition coefficient (Wildman–Crippen LogP) is 2.69. The molecule has 1 aromatic carbocycles. The number of nitrogens with one attached hydrogen (secondary N) is 2. The molecular formula is C15H21ClN2O2S. The average Bonchev–Trinajstić information content (AvgIpc) is 2.46. The summed E-state index contributed by atoms with van der Waals surface area (Å²) in [7, 11) is 0. The lowest BCUT2D eigenvalue weighted by molar-refractivity contribution is -0.143. The van der Waals surface area contributed by atoms with Gasteiger partial charge in [0.15, 0.2) is 5.11 Å². The van der Waals surface area contributed by atoms with Crippen molar-refractivity contribution in [2.45, 2.75) is 26.2 Å². The Morgan fingerprint density at radius 2 is 1.90 bits per heavy atom. The molecule has 0 aliphatic carbocycles. The molecule has 1 rings (SSSR count). The summed E-state index contributed by atoms with van der Waals surface area (Å²) < 4.78 is 4.85. The number of benzene rings is 1. The van der Waals surface area contributed by atoms with Crippen molar-refractivity contribution in [1.82, 2.24) is 10.6 Å². The first-order valence-corrected chi connectivity index (χ1v) is 7.82. The molecule has 0 aliphatic heterocycles. The van der Waals surface area contributed by atoms with Crippen LogP contribution >= 0.6 is 23.8 Å². The minimum Gasteiger partial charge on any atom is -0.466 e. The molecule has 0 amide bonds. The van der Waals surface area contributed by atoms with Crippen molar-refractivity contribution in [3.8, 4) is 0 Å². The summed E-state index contributed by atoms with van der Waals surface area (Å²) in [6.07, 6.45) is 1.99. The molecule has 0 fully saturated rings. The van der Waals surface area contributed by atoms with Crippen LogP contribution in [0.1, 0.15) is 25.3 Å². The minimum atomic E-state index is -0.166. The third kappa shape index (κ3) is 8.52. The van der Waals surface area contributed by atoms with Crippen molar-refractivity contribution < 1.29 is 9.53 Å². The van der Waals surface area contributed by atoms with Crippen molar-refractivity contribution >= 4 is 34.9 Å². The van der Waals surface area contributed by atoms with Crippen LogP contribution in [-0.2, 0) is 16.0 Å². The van der Waals surface area contributed by atoms with Crippen molar-refractivity contribution in [3.05, 3.63) is 34.9 Å². The minimum absolute atomic E-state index is 0.166. The predicted molar refractivity (Wildman–Crippen MR) is 89.6 cm³/mol. The Morgan fingerprint density at radius 1 is 1.24 bits per heavy atom. The molecule has 6 heteroatoms. The molecule has 0 atom stereocenters. The third-order valence-electron chi connectivity index (χ3n) is 2.76. The molecule has 0 aromatic heterocycles. The van der Waals surface area contributed by atoms with Gasteiger partial charge in [0.1, 0.15) is 0 Å². The molecule has 2 N–H and O–H groups in total. The van der Waals surface area contributed by atoms with Gasteiger partial charge in [-0.05, 0) is 49.7 Å². The van der Waals surface area contributed by atoms with Crippen LogP contribution < -0.4 is 10.6 Å². The lowest BCUT2D eigenvalue weighted by Gasteiger charge is -2.10. The Morgan fingerprint density at radius 3 is 2.57 bits per heavy atom. The van der Waals surface area contributed by atoms with Crippen LogP contribution in [0.25, 0.3) is 0 Å². The monoisotopic (exact) mass is 328 g/mol. The van der Waals surface area contributed by atoms with E-state index in [4.69, 9.17) is 28.6 Å². The maximum absolute atomic E-state index is 11.1. The van der Waals surface area contributed by atoms with Gasteiger partial charge in [-0.15, -0.1) is 0 Å². The van der Waals surface area contributed by atoms with Crippen LogP contribution in [0.2, 0.25) is 5.02 Å². The van der Waals surface area contributed by atoms with Gasteiger partial charge in [-0.2, -0.15) is 0 Å². The molecule has 116 valence electrons. The Kier molecular flexibility index (Phi) is 8.78. The second kappa shape index (κ2) is 10.4. The molecule has 0 spiro atoms. The molecule has 0 heterocycles. The van der Waals surface area contributed by atoms with E-state index in [0.717, 1.165) is 18.0 Å². The van der Waals surface area contributed by atoms with Crippen LogP contribution in [0, 0.1) is 0 Å². The van der Waals surface area contributed by atoms with Gasteiger partial charge in [0, 0.05) is 24.5 Å². The quantitative estimate of drug-likeness (QED) is 0.436. The average molecular weight is 329 g/mol. The van der Waals surface area contributed by atoms with E-state index < -0.39 is 0 Å². The van der Waals surface area contributed by atoms with E-state index in [9.17, 15) is 4.79 Å². The Labute approximate surface area is 136 Å². The zero-order valence-electron chi connectivity index (χ0n) is 12.2. The smallest absolute Gasteiger partial charge is 0.305 e. The summed E-state index contributed by atoms with van der Waals surface area (Å²) in [6, 6.07) is 7.76. The molecule has 0 saturated heterocycles. The molecular weight excluding hydrogens is 308 g/mol. The van der Waals surface area contributed by atoms with Crippen molar-refractivity contribution in [3.63, 3.8) is 0 Å². The highest BCUT2D eigenvalue weighted by Gasteiger charge is 2.01. The van der Waals surface area contributed by atoms with Crippen LogP contribution in [0.3, 0.4) is 0 Å². The number of carbonyl (C=O) groups excluding carboxylic acids is 1. The molecule has 0 unspecified atom stereocenters. The van der Waals surface area contributed by atoms with Gasteiger partial charge >= 0.3 is 5.97 Å². The van der Waals surface area contributed by atoms with E-state index in [2.05, 4.69) is 10.6 Å². The molecule has 0 radical (unpaired) electrons. The van der Waals surface area contributed by atoms with Crippen molar-refractivity contribution in [1.29, 1.82) is 0 Å². The van der Waals surface area contributed by atoms with Crippen molar-refractivity contribution in [2.75, 3.05) is 19.7 Å². The second-order valence-electron chi connectivity index (χ2n) is 4.47. The Balaban J connectivity index is 2.06. The molecule has 4 nitrogen and oxygen atoms in total. The van der Waals surface area contributed by atoms with Gasteiger partial charge in [0.25, 0.3) is 0 Å². The van der Waals surface area contributed by atoms with E-state index in [1.165, 1.54) is 5.56 Å². The van der Waals surface area contributed by atoms with E-state index in [1.54, 1.807) is 6.92 Å². The van der Waals surface area contributed by atoms with Crippen LogP contribution in [-0.4, -0.2) is 30.8 Å². The number of rotatable bonds is 8. The fourth-order valence-electron chi connectivity index (χ4n) is 1.70. The summed E-state index contributed by atoms with van der Waals surface area (Å²) in [5, 5.41) is 7.54. The summed E-state index contributed by atoms with van der Waals surface area (Å²) in [5.74, 6) is -0.166. The molecule has 1 aromatic rings. The molecule has 0 aliphatic rings. The summed E-state index contributed by atoms with van der Waals surface area (Å²) in [5.41, 5.74) is 1.21. The summed E-state index contributed by atoms with van der Waals surface area (Å²) in [4.78, 5) is 11.1. The van der Waals surface area contributed by atoms with Gasteiger partial charge < -0.3 is 15.4 Å².